The van der Waals surface area contributed by atoms with E-state index in [1.54, 1.807) is 17.5 Å². The molecule has 0 unspecified atom stereocenters. The summed E-state index contributed by atoms with van der Waals surface area (Å²) in [6, 6.07) is 1.94. The van der Waals surface area contributed by atoms with Crippen LogP contribution in [0.2, 0.25) is 0 Å². The number of amides is 1. The van der Waals surface area contributed by atoms with Gasteiger partial charge in [0.2, 0.25) is 5.91 Å². The van der Waals surface area contributed by atoms with Crippen molar-refractivity contribution < 1.29 is 4.79 Å². The number of nitrogens with two attached hydrogens (primary N) is 2. The van der Waals surface area contributed by atoms with E-state index in [0.29, 0.717) is 24.1 Å². The van der Waals surface area contributed by atoms with Crippen LogP contribution in [0.25, 0.3) is 6.08 Å². The van der Waals surface area contributed by atoms with E-state index in [1.165, 1.54) is 0 Å². The van der Waals surface area contributed by atoms with Gasteiger partial charge in [-0.2, -0.15) is 0 Å². The molecule has 4 N–H and O–H groups in total. The number of nitrogens with zero attached hydrogens (tertiary/aromatic N) is 2. The molecule has 5 nitrogen and oxygen atoms in total. The Morgan fingerprint density at radius 2 is 2.28 bits per heavy atom. The van der Waals surface area contributed by atoms with Crippen LogP contribution in [0.1, 0.15) is 37.5 Å². The van der Waals surface area contributed by atoms with E-state index >= 15 is 0 Å². The first-order valence-electron chi connectivity index (χ1n) is 8.89. The summed E-state index contributed by atoms with van der Waals surface area (Å²) in [5, 5.41) is 1.98. The van der Waals surface area contributed by atoms with E-state index in [9.17, 15) is 4.79 Å². The lowest BCUT2D eigenvalue weighted by molar-refractivity contribution is -0.128. The van der Waals surface area contributed by atoms with Crippen molar-refractivity contribution in [3.8, 4) is 0 Å². The summed E-state index contributed by atoms with van der Waals surface area (Å²) < 4.78 is 0. The zero-order valence-corrected chi connectivity index (χ0v) is 15.5. The van der Waals surface area contributed by atoms with Gasteiger partial charge in [0.25, 0.3) is 0 Å². The Kier molecular flexibility index (Phi) is 5.58. The lowest BCUT2D eigenvalue weighted by Gasteiger charge is -2.37. The van der Waals surface area contributed by atoms with E-state index in [-0.39, 0.29) is 5.91 Å². The molecule has 0 aromatic carbocycles. The van der Waals surface area contributed by atoms with Gasteiger partial charge in [0.05, 0.1) is 10.6 Å². The summed E-state index contributed by atoms with van der Waals surface area (Å²) in [6.07, 6.45) is 9.25. The molecule has 1 saturated carbocycles. The van der Waals surface area contributed by atoms with Gasteiger partial charge in [-0.1, -0.05) is 13.0 Å². The smallest absolute Gasteiger partial charge is 0.250 e. The Labute approximate surface area is 153 Å². The molecule has 0 bridgehead atoms. The minimum Gasteiger partial charge on any atom is -0.405 e. The molecule has 1 aromatic rings. The highest BCUT2D eigenvalue weighted by atomic mass is 32.1. The lowest BCUT2D eigenvalue weighted by atomic mass is 9.74. The van der Waals surface area contributed by atoms with Gasteiger partial charge in [-0.25, -0.2) is 4.99 Å². The zero-order valence-electron chi connectivity index (χ0n) is 14.6. The molecule has 1 aromatic heterocycles. The average molecular weight is 359 g/mol. The molecule has 2 aliphatic rings. The Hall–Kier alpha value is -2.08. The van der Waals surface area contributed by atoms with Gasteiger partial charge < -0.3 is 16.4 Å². The number of allylic oxidation sites excluding steroid dienone is 1. The summed E-state index contributed by atoms with van der Waals surface area (Å²) >= 11 is 1.59. The zero-order chi connectivity index (χ0) is 17.8. The fourth-order valence-corrected chi connectivity index (χ4v) is 4.35. The van der Waals surface area contributed by atoms with Crippen molar-refractivity contribution >= 4 is 34.8 Å². The molecular weight excluding hydrogens is 332 g/mol. The molecule has 134 valence electrons. The van der Waals surface area contributed by atoms with Crippen molar-refractivity contribution in [2.75, 3.05) is 13.1 Å². The molecule has 1 amide bonds. The summed E-state index contributed by atoms with van der Waals surface area (Å²) in [7, 11) is 0. The highest BCUT2D eigenvalue weighted by Gasteiger charge is 2.31. The summed E-state index contributed by atoms with van der Waals surface area (Å²) in [4.78, 5) is 20.5. The first-order valence-corrected chi connectivity index (χ1v) is 9.77. The Morgan fingerprint density at radius 1 is 1.48 bits per heavy atom. The van der Waals surface area contributed by atoms with Gasteiger partial charge in [-0.3, -0.25) is 4.79 Å². The molecule has 1 aliphatic carbocycles. The van der Waals surface area contributed by atoms with Crippen LogP contribution in [0.5, 0.6) is 0 Å². The van der Waals surface area contributed by atoms with Gasteiger partial charge >= 0.3 is 0 Å². The van der Waals surface area contributed by atoms with Crippen molar-refractivity contribution in [1.29, 1.82) is 0 Å². The molecule has 0 spiro atoms. The fourth-order valence-electron chi connectivity index (χ4n) is 3.56. The van der Waals surface area contributed by atoms with Gasteiger partial charge in [-0.05, 0) is 54.8 Å². The number of amidine groups is 1. The van der Waals surface area contributed by atoms with Crippen LogP contribution >= 0.6 is 11.3 Å². The maximum absolute atomic E-state index is 13.1. The van der Waals surface area contributed by atoms with Gasteiger partial charge in [0.1, 0.15) is 5.84 Å². The van der Waals surface area contributed by atoms with Crippen LogP contribution in [-0.2, 0) is 4.79 Å². The minimum absolute atomic E-state index is 0.0964. The molecule has 1 aliphatic heterocycles. The normalized spacial score (nSPS) is 22.6. The quantitative estimate of drug-likeness (QED) is 0.818. The van der Waals surface area contributed by atoms with Crippen molar-refractivity contribution in [2.45, 2.75) is 32.6 Å². The number of hydrogen-bond donors (Lipinski definition) is 2. The second-order valence-electron chi connectivity index (χ2n) is 6.85. The number of hydrogen-bond acceptors (Lipinski definition) is 5. The maximum atomic E-state index is 13.1. The standard InChI is InChI=1S/C19H26N4OS/c1-2-6-23(12-14-8-13(9-14)3-5-20)19(24)15-10-17-16(4-7-25-17)22-18(21)11-15/h3-5,7,10,13-14H,2,6,8-9,11-12,20H2,1H3,(H2,21,22)/b5-3+/t13-,14-. The van der Waals surface area contributed by atoms with Crippen LogP contribution in [-0.4, -0.2) is 29.7 Å². The number of carbonyl (C=O) groups excluding carboxylic acids is 1. The SMILES string of the molecule is CCCN(C[C@H]1C[C@H](/C=C/N)C1)C(=O)C1=Cc2sccc2N=C(N)C1. The van der Waals surface area contributed by atoms with Crippen molar-refractivity contribution in [1.82, 2.24) is 4.90 Å². The second kappa shape index (κ2) is 7.87. The molecular formula is C19H26N4OS. The number of thiophene rings is 1. The van der Waals surface area contributed by atoms with Crippen LogP contribution in [0.4, 0.5) is 5.69 Å². The van der Waals surface area contributed by atoms with Crippen molar-refractivity contribution in [3.63, 3.8) is 0 Å². The maximum Gasteiger partial charge on any atom is 0.250 e. The number of carbonyl (C=O) groups is 1. The third-order valence-electron chi connectivity index (χ3n) is 4.80. The molecule has 25 heavy (non-hydrogen) atoms. The topological polar surface area (TPSA) is 84.7 Å². The van der Waals surface area contributed by atoms with E-state index in [2.05, 4.69) is 18.0 Å². The largest absolute Gasteiger partial charge is 0.405 e. The highest BCUT2D eigenvalue weighted by molar-refractivity contribution is 7.11. The van der Waals surface area contributed by atoms with E-state index < -0.39 is 0 Å². The molecule has 2 heterocycles. The van der Waals surface area contributed by atoms with Gasteiger partial charge in [-0.15, -0.1) is 11.3 Å². The van der Waals surface area contributed by atoms with Gasteiger partial charge in [0.15, 0.2) is 0 Å². The summed E-state index contributed by atoms with van der Waals surface area (Å²) in [6.45, 7) is 3.70. The molecule has 0 atom stereocenters. The molecule has 1 fully saturated rings. The van der Waals surface area contributed by atoms with Crippen LogP contribution in [0.15, 0.2) is 34.3 Å². The average Bonchev–Trinajstić information content (AvgIpc) is 2.90. The Balaban J connectivity index is 1.71. The molecule has 0 saturated heterocycles. The second-order valence-corrected chi connectivity index (χ2v) is 7.80. The predicted octanol–water partition coefficient (Wildman–Crippen LogP) is 3.26. The summed E-state index contributed by atoms with van der Waals surface area (Å²) in [5.41, 5.74) is 13.1. The Bertz CT molecular complexity index is 713. The molecule has 3 rings (SSSR count). The number of rotatable bonds is 6. The Morgan fingerprint density at radius 3 is 3.00 bits per heavy atom. The first kappa shape index (κ1) is 17.7. The lowest BCUT2D eigenvalue weighted by Crippen LogP contribution is -2.41. The van der Waals surface area contributed by atoms with E-state index in [1.807, 2.05) is 22.4 Å². The number of aliphatic imine (C=N–C) groups is 1. The van der Waals surface area contributed by atoms with Crippen molar-refractivity contribution in [3.05, 3.63) is 34.2 Å². The van der Waals surface area contributed by atoms with Crippen LogP contribution < -0.4 is 11.5 Å². The third-order valence-corrected chi connectivity index (χ3v) is 5.66. The number of fused-ring (bicyclic) bond motifs is 1. The molecule has 0 radical (unpaired) electrons. The van der Waals surface area contributed by atoms with Crippen LogP contribution in [0.3, 0.4) is 0 Å². The monoisotopic (exact) mass is 358 g/mol. The van der Waals surface area contributed by atoms with E-state index in [0.717, 1.165) is 48.5 Å². The van der Waals surface area contributed by atoms with Crippen LogP contribution in [0, 0.1) is 11.8 Å². The molecule has 6 heteroatoms. The third kappa shape index (κ3) is 4.12. The highest BCUT2D eigenvalue weighted by Crippen LogP contribution is 2.36. The van der Waals surface area contributed by atoms with Crippen molar-refractivity contribution in [2.24, 2.45) is 28.3 Å². The van der Waals surface area contributed by atoms with Gasteiger partial charge in [0, 0.05) is 25.1 Å². The fraction of sp³-hybridized carbons (Fsp3) is 0.474. The summed E-state index contributed by atoms with van der Waals surface area (Å²) in [5.74, 6) is 1.73. The first-order chi connectivity index (χ1) is 12.1. The van der Waals surface area contributed by atoms with E-state index in [4.69, 9.17) is 11.5 Å². The predicted molar refractivity (Wildman–Crippen MR) is 105 cm³/mol. The minimum atomic E-state index is 0.0964.